The van der Waals surface area contributed by atoms with Crippen molar-refractivity contribution in [1.82, 2.24) is 0 Å². The fourth-order valence-corrected chi connectivity index (χ4v) is 2.87. The first kappa shape index (κ1) is 26.4. The molecule has 0 heterocycles. The van der Waals surface area contributed by atoms with Crippen LogP contribution in [0.25, 0.3) is 0 Å². The molecule has 8 heteroatoms. The van der Waals surface area contributed by atoms with Gasteiger partial charge in [0.2, 0.25) is 0 Å². The van der Waals surface area contributed by atoms with Crippen LogP contribution in [0.15, 0.2) is 48.5 Å². The van der Waals surface area contributed by atoms with Crippen LogP contribution in [0.2, 0.25) is 0 Å². The Bertz CT molecular complexity index is 902. The lowest BCUT2D eigenvalue weighted by atomic mass is 10.0. The zero-order valence-corrected chi connectivity index (χ0v) is 18.1. The summed E-state index contributed by atoms with van der Waals surface area (Å²) in [6, 6.07) is 11.6. The van der Waals surface area contributed by atoms with Gasteiger partial charge in [-0.15, -0.1) is 0 Å². The van der Waals surface area contributed by atoms with Gasteiger partial charge in [0.15, 0.2) is 0 Å². The van der Waals surface area contributed by atoms with E-state index in [1.165, 1.54) is 36.4 Å². The molecule has 3 N–H and O–H groups in total. The average molecular weight is 444 g/mol. The van der Waals surface area contributed by atoms with Crippen LogP contribution in [0, 0.1) is 5.92 Å². The van der Waals surface area contributed by atoms with E-state index >= 15 is 0 Å². The fraction of sp³-hybridized carbons (Fsp3) is 0.333. The summed E-state index contributed by atoms with van der Waals surface area (Å²) in [5, 5.41) is 26.1. The lowest BCUT2D eigenvalue weighted by Crippen LogP contribution is -2.16. The Hall–Kier alpha value is -3.68. The predicted molar refractivity (Wildman–Crippen MR) is 117 cm³/mol. The van der Waals surface area contributed by atoms with Crippen LogP contribution < -0.4 is 0 Å². The summed E-state index contributed by atoms with van der Waals surface area (Å²) < 4.78 is 5.27. The smallest absolute Gasteiger partial charge is 0.339 e. The number of benzene rings is 2. The van der Waals surface area contributed by atoms with Crippen LogP contribution >= 0.6 is 0 Å². The topological polar surface area (TPSA) is 138 Å². The van der Waals surface area contributed by atoms with Crippen molar-refractivity contribution in [2.24, 2.45) is 5.92 Å². The van der Waals surface area contributed by atoms with Crippen LogP contribution in [0.5, 0.6) is 0 Å². The molecule has 0 aliphatic heterocycles. The number of aromatic carboxylic acids is 3. The van der Waals surface area contributed by atoms with Crippen molar-refractivity contribution < 1.29 is 39.2 Å². The second-order valence-corrected chi connectivity index (χ2v) is 7.02. The SMILES string of the molecule is CCCCC(CC)COC(=O)c1ccccc1C(=O)O.O=C(O)c1ccccc1C(=O)O. The number of carboxylic acid groups (broad SMARTS) is 3. The van der Waals surface area contributed by atoms with Gasteiger partial charge in [0, 0.05) is 0 Å². The number of carboxylic acids is 3. The lowest BCUT2D eigenvalue weighted by molar-refractivity contribution is 0.0420. The molecule has 0 aliphatic rings. The fourth-order valence-electron chi connectivity index (χ4n) is 2.87. The Balaban J connectivity index is 0.000000363. The van der Waals surface area contributed by atoms with Gasteiger partial charge in [-0.25, -0.2) is 19.2 Å². The van der Waals surface area contributed by atoms with Gasteiger partial charge >= 0.3 is 23.9 Å². The van der Waals surface area contributed by atoms with Crippen LogP contribution in [0.1, 0.15) is 81.0 Å². The Morgan fingerprint density at radius 1 is 0.750 bits per heavy atom. The molecule has 0 spiro atoms. The molecule has 1 unspecified atom stereocenters. The second-order valence-electron chi connectivity index (χ2n) is 7.02. The third-order valence-electron chi connectivity index (χ3n) is 4.76. The lowest BCUT2D eigenvalue weighted by Gasteiger charge is -2.15. The Kier molecular flexibility index (Phi) is 11.2. The van der Waals surface area contributed by atoms with Gasteiger partial charge < -0.3 is 20.1 Å². The molecule has 0 fully saturated rings. The maximum atomic E-state index is 12.0. The number of unbranched alkanes of at least 4 members (excludes halogenated alkanes) is 1. The number of esters is 1. The zero-order valence-electron chi connectivity index (χ0n) is 18.1. The molecule has 1 atom stereocenters. The van der Waals surface area contributed by atoms with Crippen molar-refractivity contribution in [3.05, 3.63) is 70.8 Å². The van der Waals surface area contributed by atoms with Gasteiger partial charge in [0.1, 0.15) is 0 Å². The van der Waals surface area contributed by atoms with E-state index in [1.54, 1.807) is 12.1 Å². The van der Waals surface area contributed by atoms with Crippen molar-refractivity contribution in [2.75, 3.05) is 6.61 Å². The summed E-state index contributed by atoms with van der Waals surface area (Å²) in [7, 11) is 0. The maximum Gasteiger partial charge on any atom is 0.339 e. The van der Waals surface area contributed by atoms with E-state index in [0.717, 1.165) is 25.7 Å². The summed E-state index contributed by atoms with van der Waals surface area (Å²) in [6.45, 7) is 4.55. The van der Waals surface area contributed by atoms with Crippen molar-refractivity contribution in [3.8, 4) is 0 Å². The number of carbonyl (C=O) groups is 4. The average Bonchev–Trinajstić information content (AvgIpc) is 2.79. The monoisotopic (exact) mass is 444 g/mol. The number of ether oxygens (including phenoxy) is 1. The minimum atomic E-state index is -1.23. The summed E-state index contributed by atoms with van der Waals surface area (Å²) >= 11 is 0. The Morgan fingerprint density at radius 3 is 1.53 bits per heavy atom. The van der Waals surface area contributed by atoms with E-state index in [4.69, 9.17) is 20.1 Å². The molecule has 0 saturated heterocycles. The second kappa shape index (κ2) is 13.6. The van der Waals surface area contributed by atoms with Gasteiger partial charge in [0.25, 0.3) is 0 Å². The van der Waals surface area contributed by atoms with Crippen LogP contribution in [-0.4, -0.2) is 45.8 Å². The molecule has 0 saturated carbocycles. The van der Waals surface area contributed by atoms with Crippen molar-refractivity contribution in [3.63, 3.8) is 0 Å². The molecule has 2 rings (SSSR count). The molecule has 2 aromatic carbocycles. The van der Waals surface area contributed by atoms with Gasteiger partial charge in [-0.2, -0.15) is 0 Å². The number of hydrogen-bond acceptors (Lipinski definition) is 5. The van der Waals surface area contributed by atoms with Crippen LogP contribution in [-0.2, 0) is 4.74 Å². The highest BCUT2D eigenvalue weighted by Crippen LogP contribution is 2.15. The molecule has 0 amide bonds. The Morgan fingerprint density at radius 2 is 1.16 bits per heavy atom. The minimum Gasteiger partial charge on any atom is -0.478 e. The minimum absolute atomic E-state index is 0.0147. The molecule has 172 valence electrons. The maximum absolute atomic E-state index is 12.0. The molecule has 2 aromatic rings. The van der Waals surface area contributed by atoms with Crippen molar-refractivity contribution in [1.29, 1.82) is 0 Å². The molecular formula is C24H28O8. The van der Waals surface area contributed by atoms with Gasteiger partial charge in [-0.05, 0) is 36.6 Å². The first-order chi connectivity index (χ1) is 15.2. The van der Waals surface area contributed by atoms with E-state index in [0.29, 0.717) is 12.5 Å². The summed E-state index contributed by atoms with van der Waals surface area (Å²) in [4.78, 5) is 44.0. The van der Waals surface area contributed by atoms with Crippen LogP contribution in [0.4, 0.5) is 0 Å². The number of carbonyl (C=O) groups excluding carboxylic acids is 1. The highest BCUT2D eigenvalue weighted by molar-refractivity contribution is 6.02. The van der Waals surface area contributed by atoms with Gasteiger partial charge in [-0.1, -0.05) is 57.4 Å². The third-order valence-corrected chi connectivity index (χ3v) is 4.76. The normalized spacial score (nSPS) is 10.9. The van der Waals surface area contributed by atoms with E-state index in [1.807, 2.05) is 0 Å². The number of hydrogen-bond donors (Lipinski definition) is 3. The quantitative estimate of drug-likeness (QED) is 0.443. The molecule has 0 bridgehead atoms. The Labute approximate surface area is 186 Å². The van der Waals surface area contributed by atoms with Crippen molar-refractivity contribution >= 4 is 23.9 Å². The third kappa shape index (κ3) is 8.22. The first-order valence-electron chi connectivity index (χ1n) is 10.3. The summed E-state index contributed by atoms with van der Waals surface area (Å²) in [5.41, 5.74) is -0.278. The highest BCUT2D eigenvalue weighted by atomic mass is 16.5. The summed E-state index contributed by atoms with van der Waals surface area (Å²) in [5.74, 6) is -3.79. The molecule has 0 aromatic heterocycles. The number of rotatable bonds is 10. The van der Waals surface area contributed by atoms with Gasteiger partial charge in [0.05, 0.1) is 28.9 Å². The standard InChI is InChI=1S/C16H22O4.C8H6O4/c1-3-5-8-12(4-2)11-20-16(19)14-10-7-6-9-13(14)15(17)18;9-7(10)5-3-1-2-4-6(5)8(11)12/h6-7,9-10,12H,3-5,8,11H2,1-2H3,(H,17,18);1-4H,(H,9,10)(H,11,12). The molecule has 0 aliphatic carbocycles. The molecule has 8 nitrogen and oxygen atoms in total. The van der Waals surface area contributed by atoms with E-state index in [2.05, 4.69) is 13.8 Å². The molecule has 0 radical (unpaired) electrons. The van der Waals surface area contributed by atoms with Crippen molar-refractivity contribution in [2.45, 2.75) is 39.5 Å². The van der Waals surface area contributed by atoms with Gasteiger partial charge in [-0.3, -0.25) is 0 Å². The largest absolute Gasteiger partial charge is 0.478 e. The predicted octanol–water partition coefficient (Wildman–Crippen LogP) is 4.84. The van der Waals surface area contributed by atoms with E-state index < -0.39 is 23.9 Å². The highest BCUT2D eigenvalue weighted by Gasteiger charge is 2.18. The zero-order chi connectivity index (χ0) is 24.1. The van der Waals surface area contributed by atoms with Crippen LogP contribution in [0.3, 0.4) is 0 Å². The summed E-state index contributed by atoms with van der Waals surface area (Å²) in [6.07, 6.45) is 4.21. The van der Waals surface area contributed by atoms with E-state index in [9.17, 15) is 19.2 Å². The molecular weight excluding hydrogens is 416 g/mol. The molecule has 32 heavy (non-hydrogen) atoms. The van der Waals surface area contributed by atoms with E-state index in [-0.39, 0.29) is 22.3 Å². The first-order valence-corrected chi connectivity index (χ1v) is 10.3.